The van der Waals surface area contributed by atoms with E-state index in [1.807, 2.05) is 92.9 Å². The van der Waals surface area contributed by atoms with Gasteiger partial charge in [-0.2, -0.15) is 0 Å². The summed E-state index contributed by atoms with van der Waals surface area (Å²) in [6, 6.07) is 26.0. The lowest BCUT2D eigenvalue weighted by Gasteiger charge is -2.10. The van der Waals surface area contributed by atoms with Crippen molar-refractivity contribution in [2.75, 3.05) is 0 Å². The molecule has 4 rings (SSSR count). The van der Waals surface area contributed by atoms with E-state index in [0.29, 0.717) is 16.6 Å². The third-order valence-electron chi connectivity index (χ3n) is 6.15. The van der Waals surface area contributed by atoms with Crippen LogP contribution in [0.3, 0.4) is 0 Å². The van der Waals surface area contributed by atoms with Crippen molar-refractivity contribution in [2.45, 2.75) is 33.1 Å². The molecule has 0 unspecified atom stereocenters. The molecule has 0 spiro atoms. The van der Waals surface area contributed by atoms with E-state index in [1.165, 1.54) is 0 Å². The highest BCUT2D eigenvalue weighted by Crippen LogP contribution is 2.22. The first kappa shape index (κ1) is 27.0. The van der Waals surface area contributed by atoms with Crippen molar-refractivity contribution in [1.29, 1.82) is 0 Å². The van der Waals surface area contributed by atoms with Crippen molar-refractivity contribution < 1.29 is 0 Å². The summed E-state index contributed by atoms with van der Waals surface area (Å²) in [6.45, 7) is 8.24. The molecule has 0 atom stereocenters. The fraction of sp³-hybridized carbons (Fsp3) is 0.147. The summed E-state index contributed by atoms with van der Waals surface area (Å²) in [7, 11) is 0. The molecule has 0 saturated carbocycles. The number of halogens is 1. The lowest BCUT2D eigenvalue weighted by atomic mass is 10.0. The third kappa shape index (κ3) is 7.47. The number of allylic oxidation sites excluding steroid dienone is 4. The summed E-state index contributed by atoms with van der Waals surface area (Å²) >= 11 is 6.60. The Morgan fingerprint density at radius 1 is 0.921 bits per heavy atom. The Bertz CT molecular complexity index is 1460. The van der Waals surface area contributed by atoms with E-state index in [9.17, 15) is 0 Å². The van der Waals surface area contributed by atoms with E-state index in [2.05, 4.69) is 41.9 Å². The molecule has 0 saturated heterocycles. The molecule has 0 N–H and O–H groups in total. The van der Waals surface area contributed by atoms with Crippen molar-refractivity contribution in [3.63, 3.8) is 0 Å². The zero-order chi connectivity index (χ0) is 26.7. The summed E-state index contributed by atoms with van der Waals surface area (Å²) in [5, 5.41) is 0.641. The number of amidine groups is 1. The summed E-state index contributed by atoms with van der Waals surface area (Å²) in [4.78, 5) is 14.4. The minimum absolute atomic E-state index is 0.573. The van der Waals surface area contributed by atoms with Crippen molar-refractivity contribution in [3.8, 4) is 0 Å². The Kier molecular flexibility index (Phi) is 9.55. The maximum absolute atomic E-state index is 6.60. The van der Waals surface area contributed by atoms with Gasteiger partial charge in [0.1, 0.15) is 0 Å². The molecule has 4 heteroatoms. The van der Waals surface area contributed by atoms with Gasteiger partial charge in [-0.25, -0.2) is 9.98 Å². The van der Waals surface area contributed by atoms with Crippen LogP contribution in [0.2, 0.25) is 5.02 Å². The van der Waals surface area contributed by atoms with Crippen LogP contribution in [0.5, 0.6) is 0 Å². The molecule has 0 fully saturated rings. The summed E-state index contributed by atoms with van der Waals surface area (Å²) in [6.07, 6.45) is 13.3. The van der Waals surface area contributed by atoms with Gasteiger partial charge in [0.15, 0.2) is 5.84 Å². The van der Waals surface area contributed by atoms with Crippen LogP contribution in [0.25, 0.3) is 5.70 Å². The molecular weight excluding hydrogens is 486 g/mol. The van der Waals surface area contributed by atoms with Crippen molar-refractivity contribution in [2.24, 2.45) is 15.0 Å². The van der Waals surface area contributed by atoms with Crippen LogP contribution in [0.15, 0.2) is 136 Å². The molecule has 190 valence electrons. The van der Waals surface area contributed by atoms with Crippen molar-refractivity contribution in [3.05, 3.63) is 148 Å². The molecule has 0 bridgehead atoms. The van der Waals surface area contributed by atoms with Gasteiger partial charge in [0, 0.05) is 22.5 Å². The maximum Gasteiger partial charge on any atom is 0.160 e. The monoisotopic (exact) mass is 517 g/mol. The van der Waals surface area contributed by atoms with Crippen LogP contribution >= 0.6 is 11.6 Å². The van der Waals surface area contributed by atoms with Crippen molar-refractivity contribution in [1.82, 2.24) is 0 Å². The molecule has 3 aromatic rings. The summed E-state index contributed by atoms with van der Waals surface area (Å²) < 4.78 is 0. The second-order valence-corrected chi connectivity index (χ2v) is 9.42. The standard InChI is InChI=1S/C34H32ClN3/c1-4-28(33-20-11-12-21-36-33)19-13-14-27-22-31(24-32(35)23-27)34(37-25(2)29-15-7-5-8-16-29)38-26(3)30-17-9-6-10-18-30/h4-10,13,15-24H,2,11-12,14H2,1,3H3/b19-13-,28-4+,37-34?,38-26?. The lowest BCUT2D eigenvalue weighted by Crippen LogP contribution is -2.05. The molecule has 0 amide bonds. The van der Waals surface area contributed by atoms with Gasteiger partial charge in [-0.05, 0) is 73.6 Å². The first-order chi connectivity index (χ1) is 18.5. The minimum atomic E-state index is 0.573. The van der Waals surface area contributed by atoms with Crippen LogP contribution in [-0.4, -0.2) is 17.8 Å². The van der Waals surface area contributed by atoms with E-state index in [0.717, 1.165) is 58.5 Å². The average molecular weight is 518 g/mol. The zero-order valence-electron chi connectivity index (χ0n) is 21.9. The number of hydrogen-bond donors (Lipinski definition) is 0. The minimum Gasteiger partial charge on any atom is -0.261 e. The molecular formula is C34H32ClN3. The van der Waals surface area contributed by atoms with Gasteiger partial charge in [0.25, 0.3) is 0 Å². The van der Waals surface area contributed by atoms with Gasteiger partial charge in [-0.3, -0.25) is 4.99 Å². The first-order valence-corrected chi connectivity index (χ1v) is 13.2. The number of rotatable bonds is 8. The quantitative estimate of drug-likeness (QED) is 0.162. The lowest BCUT2D eigenvalue weighted by molar-refractivity contribution is 1.05. The van der Waals surface area contributed by atoms with Crippen LogP contribution in [-0.2, 0) is 6.42 Å². The number of aliphatic imine (C=N–C) groups is 3. The molecule has 1 aliphatic heterocycles. The van der Waals surface area contributed by atoms with Gasteiger partial charge < -0.3 is 0 Å². The van der Waals surface area contributed by atoms with Crippen LogP contribution < -0.4 is 0 Å². The normalized spacial score (nSPS) is 14.6. The number of benzene rings is 3. The molecule has 38 heavy (non-hydrogen) atoms. The number of nitrogens with zero attached hydrogens (tertiary/aromatic N) is 3. The topological polar surface area (TPSA) is 37.1 Å². The highest BCUT2D eigenvalue weighted by atomic mass is 35.5. The molecule has 0 aliphatic carbocycles. The van der Waals surface area contributed by atoms with E-state index in [-0.39, 0.29) is 0 Å². The van der Waals surface area contributed by atoms with Gasteiger partial charge >= 0.3 is 0 Å². The highest BCUT2D eigenvalue weighted by Gasteiger charge is 2.10. The Morgan fingerprint density at radius 2 is 1.63 bits per heavy atom. The predicted octanol–water partition coefficient (Wildman–Crippen LogP) is 9.06. The van der Waals surface area contributed by atoms with E-state index in [1.54, 1.807) is 0 Å². The predicted molar refractivity (Wildman–Crippen MR) is 165 cm³/mol. The van der Waals surface area contributed by atoms with Gasteiger partial charge in [0.2, 0.25) is 0 Å². The Hall–Kier alpha value is -4.08. The van der Waals surface area contributed by atoms with Crippen molar-refractivity contribution >= 4 is 35.1 Å². The van der Waals surface area contributed by atoms with Crippen LogP contribution in [0, 0.1) is 0 Å². The molecule has 0 radical (unpaired) electrons. The largest absolute Gasteiger partial charge is 0.261 e. The second-order valence-electron chi connectivity index (χ2n) is 8.99. The zero-order valence-corrected chi connectivity index (χ0v) is 22.7. The number of hydrogen-bond acceptors (Lipinski definition) is 2. The average Bonchev–Trinajstić information content (AvgIpc) is 2.96. The van der Waals surface area contributed by atoms with Gasteiger partial charge in [-0.15, -0.1) is 0 Å². The van der Waals surface area contributed by atoms with E-state index >= 15 is 0 Å². The van der Waals surface area contributed by atoms with E-state index in [4.69, 9.17) is 21.6 Å². The van der Waals surface area contributed by atoms with E-state index < -0.39 is 0 Å². The third-order valence-corrected chi connectivity index (χ3v) is 6.37. The Balaban J connectivity index is 1.67. The van der Waals surface area contributed by atoms with Crippen LogP contribution in [0.4, 0.5) is 0 Å². The smallest absolute Gasteiger partial charge is 0.160 e. The SMILES string of the molecule is C=C(N=C(N=C(C)c1ccccc1)c1cc(Cl)cc(C/C=C\C(=C/C)C2=CCCC=N2)c1)c1ccccc1. The Labute approximate surface area is 231 Å². The molecule has 1 aliphatic rings. The maximum atomic E-state index is 6.60. The first-order valence-electron chi connectivity index (χ1n) is 12.8. The molecule has 3 aromatic carbocycles. The van der Waals surface area contributed by atoms with Gasteiger partial charge in [-0.1, -0.05) is 103 Å². The van der Waals surface area contributed by atoms with Gasteiger partial charge in [0.05, 0.1) is 11.4 Å². The fourth-order valence-electron chi connectivity index (χ4n) is 4.13. The second kappa shape index (κ2) is 13.5. The molecule has 0 aromatic heterocycles. The highest BCUT2D eigenvalue weighted by molar-refractivity contribution is 6.31. The van der Waals surface area contributed by atoms with Crippen LogP contribution in [0.1, 0.15) is 48.9 Å². The fourth-order valence-corrected chi connectivity index (χ4v) is 4.39. The molecule has 1 heterocycles. The Morgan fingerprint density at radius 3 is 2.29 bits per heavy atom. The molecule has 3 nitrogen and oxygen atoms in total. The summed E-state index contributed by atoms with van der Waals surface area (Å²) in [5.74, 6) is 0.573. The summed E-state index contributed by atoms with van der Waals surface area (Å²) in [5.41, 5.74) is 7.56.